The molecular formula is C44H70N2O6. The van der Waals surface area contributed by atoms with Crippen molar-refractivity contribution in [3.63, 3.8) is 0 Å². The molecule has 8 heteroatoms. The van der Waals surface area contributed by atoms with Crippen LogP contribution in [0, 0.1) is 56.7 Å². The minimum atomic E-state index is -1.16. The maximum absolute atomic E-state index is 14.0. The zero-order valence-corrected chi connectivity index (χ0v) is 34.1. The van der Waals surface area contributed by atoms with E-state index in [1.54, 1.807) is 13.8 Å². The molecule has 8 nitrogen and oxygen atoms in total. The van der Waals surface area contributed by atoms with E-state index in [4.69, 9.17) is 4.74 Å². The zero-order chi connectivity index (χ0) is 38.2. The van der Waals surface area contributed by atoms with Gasteiger partial charge in [0.1, 0.15) is 6.10 Å². The first kappa shape index (κ1) is 39.3. The summed E-state index contributed by atoms with van der Waals surface area (Å²) in [6.45, 7) is 21.8. The van der Waals surface area contributed by atoms with E-state index < -0.39 is 22.9 Å². The smallest absolute Gasteiger partial charge is 0.315 e. The van der Waals surface area contributed by atoms with Crippen LogP contribution in [0.1, 0.15) is 166 Å². The topological polar surface area (TPSA) is 122 Å². The Labute approximate surface area is 313 Å². The number of carbonyl (C=O) groups is 4. The third-order valence-corrected chi connectivity index (χ3v) is 16.9. The summed E-state index contributed by atoms with van der Waals surface area (Å²) in [6, 6.07) is 0.000464. The van der Waals surface area contributed by atoms with Crippen molar-refractivity contribution in [2.45, 2.75) is 183 Å². The Morgan fingerprint density at radius 3 is 2.15 bits per heavy atom. The van der Waals surface area contributed by atoms with Gasteiger partial charge in [-0.2, -0.15) is 0 Å². The van der Waals surface area contributed by atoms with Crippen molar-refractivity contribution >= 4 is 23.8 Å². The number of hydrogen-bond acceptors (Lipinski definition) is 5. The third-order valence-electron chi connectivity index (χ3n) is 16.9. The SMILES string of the molecule is CC(C)C1=C2C3CCC4C5(C)CC[C@H](OC(=O)CC(C)(C)C(=O)O)C(C)(C)C5CCC4(C)[C@]3(C)CCC2(NC(=O)N[C@H](C)C2CCCCC2)CC1=O. The van der Waals surface area contributed by atoms with Gasteiger partial charge in [-0.15, -0.1) is 0 Å². The molecule has 6 unspecified atom stereocenters. The van der Waals surface area contributed by atoms with Gasteiger partial charge in [0.25, 0.3) is 0 Å². The first-order valence-electron chi connectivity index (χ1n) is 20.9. The van der Waals surface area contributed by atoms with Gasteiger partial charge in [-0.3, -0.25) is 14.4 Å². The summed E-state index contributed by atoms with van der Waals surface area (Å²) >= 11 is 0. The lowest BCUT2D eigenvalue weighted by molar-refractivity contribution is -0.232. The number of urea groups is 1. The highest BCUT2D eigenvalue weighted by atomic mass is 16.5. The molecule has 0 radical (unpaired) electrons. The first-order chi connectivity index (χ1) is 24.1. The van der Waals surface area contributed by atoms with E-state index in [-0.39, 0.29) is 63.9 Å². The van der Waals surface area contributed by atoms with Crippen LogP contribution in [-0.2, 0) is 19.1 Å². The largest absolute Gasteiger partial charge is 0.481 e. The Bertz CT molecular complexity index is 1490. The van der Waals surface area contributed by atoms with Crippen molar-refractivity contribution in [2.75, 3.05) is 0 Å². The molecule has 0 aromatic heterocycles. The molecule has 6 rings (SSSR count). The Hall–Kier alpha value is -2.38. The maximum Gasteiger partial charge on any atom is 0.315 e. The molecule has 5 saturated carbocycles. The number of carboxylic acid groups (broad SMARTS) is 1. The van der Waals surface area contributed by atoms with Gasteiger partial charge in [0, 0.05) is 17.9 Å². The van der Waals surface area contributed by atoms with Crippen LogP contribution in [0.25, 0.3) is 0 Å². The van der Waals surface area contributed by atoms with E-state index in [1.807, 2.05) is 0 Å². The molecule has 52 heavy (non-hydrogen) atoms. The monoisotopic (exact) mass is 723 g/mol. The highest BCUT2D eigenvalue weighted by molar-refractivity contribution is 6.02. The van der Waals surface area contributed by atoms with Crippen molar-refractivity contribution in [3.05, 3.63) is 11.1 Å². The molecule has 0 saturated heterocycles. The molecule has 6 aliphatic rings. The normalized spacial score (nSPS) is 39.5. The molecule has 6 aliphatic carbocycles. The summed E-state index contributed by atoms with van der Waals surface area (Å²) in [4.78, 5) is 52.7. The summed E-state index contributed by atoms with van der Waals surface area (Å²) in [6.07, 6.45) is 13.9. The van der Waals surface area contributed by atoms with Crippen LogP contribution in [-0.4, -0.2) is 46.5 Å². The lowest BCUT2D eigenvalue weighted by atomic mass is 9.33. The van der Waals surface area contributed by atoms with Crippen LogP contribution < -0.4 is 10.6 Å². The van der Waals surface area contributed by atoms with E-state index in [9.17, 15) is 24.3 Å². The number of ether oxygens (including phenoxy) is 1. The molecule has 9 atom stereocenters. The van der Waals surface area contributed by atoms with Gasteiger partial charge in [-0.1, -0.05) is 67.7 Å². The molecule has 0 aromatic rings. The van der Waals surface area contributed by atoms with Crippen molar-refractivity contribution in [1.82, 2.24) is 10.6 Å². The quantitative estimate of drug-likeness (QED) is 0.215. The maximum atomic E-state index is 14.0. The van der Waals surface area contributed by atoms with Gasteiger partial charge >= 0.3 is 18.0 Å². The van der Waals surface area contributed by atoms with Gasteiger partial charge < -0.3 is 20.5 Å². The number of carbonyl (C=O) groups excluding carboxylic acids is 3. The number of nitrogens with one attached hydrogen (secondary N) is 2. The van der Waals surface area contributed by atoms with Crippen LogP contribution in [0.5, 0.6) is 0 Å². The summed E-state index contributed by atoms with van der Waals surface area (Å²) in [5.74, 6) is 0.538. The lowest BCUT2D eigenvalue weighted by Gasteiger charge is -2.72. The number of Topliss-reactive ketones (excluding diaryl/α,β-unsaturated/α-hetero) is 1. The van der Waals surface area contributed by atoms with E-state index in [0.717, 1.165) is 56.9 Å². The summed E-state index contributed by atoms with van der Waals surface area (Å²) < 4.78 is 6.17. The molecule has 0 spiro atoms. The zero-order valence-electron chi connectivity index (χ0n) is 34.1. The van der Waals surface area contributed by atoms with E-state index in [0.29, 0.717) is 24.2 Å². The van der Waals surface area contributed by atoms with Crippen LogP contribution in [0.4, 0.5) is 4.79 Å². The fourth-order valence-electron chi connectivity index (χ4n) is 13.8. The van der Waals surface area contributed by atoms with Gasteiger partial charge in [0.05, 0.1) is 17.4 Å². The fourth-order valence-corrected chi connectivity index (χ4v) is 13.8. The molecule has 292 valence electrons. The Morgan fingerprint density at radius 1 is 0.846 bits per heavy atom. The average Bonchev–Trinajstić information content (AvgIpc) is 3.34. The van der Waals surface area contributed by atoms with Crippen molar-refractivity contribution in [1.29, 1.82) is 0 Å². The third kappa shape index (κ3) is 6.16. The number of ketones is 1. The highest BCUT2D eigenvalue weighted by Gasteiger charge is 2.70. The van der Waals surface area contributed by atoms with Crippen LogP contribution in [0.2, 0.25) is 0 Å². The van der Waals surface area contributed by atoms with Crippen molar-refractivity contribution in [2.24, 2.45) is 56.7 Å². The Kier molecular flexibility index (Phi) is 10.2. The first-order valence-corrected chi connectivity index (χ1v) is 20.9. The number of rotatable bonds is 8. The number of carboxylic acids is 1. The second kappa shape index (κ2) is 13.4. The molecule has 0 heterocycles. The summed E-state index contributed by atoms with van der Waals surface area (Å²) in [5, 5.41) is 16.5. The van der Waals surface area contributed by atoms with Gasteiger partial charge in [0.2, 0.25) is 0 Å². The minimum Gasteiger partial charge on any atom is -0.481 e. The molecule has 0 aromatic carbocycles. The minimum absolute atomic E-state index is 0.0170. The number of amides is 2. The average molecular weight is 723 g/mol. The number of hydrogen-bond donors (Lipinski definition) is 3. The van der Waals surface area contributed by atoms with Crippen molar-refractivity contribution in [3.8, 4) is 0 Å². The van der Waals surface area contributed by atoms with Gasteiger partial charge in [0.15, 0.2) is 5.78 Å². The molecule has 2 amide bonds. The summed E-state index contributed by atoms with van der Waals surface area (Å²) in [5.41, 5.74) is 0.324. The second-order valence-corrected chi connectivity index (χ2v) is 20.8. The molecule has 3 N–H and O–H groups in total. The molecular weight excluding hydrogens is 652 g/mol. The Morgan fingerprint density at radius 2 is 1.52 bits per heavy atom. The highest BCUT2D eigenvalue weighted by Crippen LogP contribution is 2.76. The molecule has 5 fully saturated rings. The Balaban J connectivity index is 1.25. The predicted octanol–water partition coefficient (Wildman–Crippen LogP) is 9.40. The number of allylic oxidation sites excluding steroid dienone is 1. The van der Waals surface area contributed by atoms with E-state index >= 15 is 0 Å². The second-order valence-electron chi connectivity index (χ2n) is 20.8. The van der Waals surface area contributed by atoms with Crippen LogP contribution >= 0.6 is 0 Å². The number of aliphatic carboxylic acids is 1. The van der Waals surface area contributed by atoms with Gasteiger partial charge in [-0.25, -0.2) is 4.79 Å². The van der Waals surface area contributed by atoms with Crippen LogP contribution in [0.15, 0.2) is 11.1 Å². The molecule has 0 aliphatic heterocycles. The number of esters is 1. The lowest BCUT2D eigenvalue weighted by Crippen LogP contribution is -2.67. The number of fused-ring (bicyclic) bond motifs is 7. The van der Waals surface area contributed by atoms with Crippen molar-refractivity contribution < 1.29 is 29.0 Å². The molecule has 0 bridgehead atoms. The predicted molar refractivity (Wildman–Crippen MR) is 203 cm³/mol. The fraction of sp³-hybridized carbons (Fsp3) is 0.864. The van der Waals surface area contributed by atoms with E-state index in [2.05, 4.69) is 66.0 Å². The summed E-state index contributed by atoms with van der Waals surface area (Å²) in [7, 11) is 0. The van der Waals surface area contributed by atoms with E-state index in [1.165, 1.54) is 37.7 Å². The van der Waals surface area contributed by atoms with Crippen LogP contribution in [0.3, 0.4) is 0 Å². The van der Waals surface area contributed by atoms with Gasteiger partial charge in [-0.05, 0) is 142 Å². The standard InChI is InChI=1S/C44H70N2O6/c1-26(2)35-30(47)24-44(46-38(51)45-27(3)28-14-12-11-13-15-28)23-22-42(9)29(36(35)44)16-17-32-41(8)20-19-33(52-34(48)25-39(4,5)37(49)50)40(6,7)31(41)18-21-43(32,42)10/h26-29,31-33H,11-25H2,1-10H3,(H,49,50)(H2,45,46,51)/t27-,29?,31?,32?,33+,41?,42-,43?,44?/m1/s1.